The standard InChI is InChI=1S/C14H13FN2O2/c1-8-2-7-11(19-8)13-12(16)14(18)17(13)10-5-3-9(15)4-6-10/h2-7,12-13H,16H2,1H3/t12-,13-/m0/s1. The van der Waals surface area contributed by atoms with Crippen LogP contribution in [0.5, 0.6) is 0 Å². The Bertz CT molecular complexity index is 621. The molecule has 5 heteroatoms. The fraction of sp³-hybridized carbons (Fsp3) is 0.214. The van der Waals surface area contributed by atoms with E-state index in [9.17, 15) is 9.18 Å². The van der Waals surface area contributed by atoms with Crippen molar-refractivity contribution >= 4 is 11.6 Å². The second kappa shape index (κ2) is 4.20. The van der Waals surface area contributed by atoms with E-state index in [1.54, 1.807) is 12.1 Å². The summed E-state index contributed by atoms with van der Waals surface area (Å²) in [4.78, 5) is 13.4. The number of nitrogens with zero attached hydrogens (tertiary/aromatic N) is 1. The number of rotatable bonds is 2. The lowest BCUT2D eigenvalue weighted by Crippen LogP contribution is -2.63. The Morgan fingerprint density at radius 2 is 1.89 bits per heavy atom. The Labute approximate surface area is 109 Å². The Morgan fingerprint density at radius 1 is 1.21 bits per heavy atom. The van der Waals surface area contributed by atoms with Gasteiger partial charge in [-0.1, -0.05) is 0 Å². The molecule has 2 N–H and O–H groups in total. The second-order valence-corrected chi connectivity index (χ2v) is 4.60. The van der Waals surface area contributed by atoms with Gasteiger partial charge in [0.25, 0.3) is 0 Å². The molecule has 1 aliphatic rings. The molecular weight excluding hydrogens is 247 g/mol. The van der Waals surface area contributed by atoms with Gasteiger partial charge in [0.05, 0.1) is 0 Å². The lowest BCUT2D eigenvalue weighted by Gasteiger charge is -2.44. The highest BCUT2D eigenvalue weighted by molar-refractivity contribution is 6.05. The minimum Gasteiger partial charge on any atom is -0.464 e. The van der Waals surface area contributed by atoms with Crippen molar-refractivity contribution in [2.45, 2.75) is 19.0 Å². The third-order valence-corrected chi connectivity index (χ3v) is 3.30. The van der Waals surface area contributed by atoms with Crippen molar-refractivity contribution in [3.8, 4) is 0 Å². The van der Waals surface area contributed by atoms with E-state index in [1.165, 1.54) is 17.0 Å². The van der Waals surface area contributed by atoms with Gasteiger partial charge in [-0.05, 0) is 43.3 Å². The summed E-state index contributed by atoms with van der Waals surface area (Å²) in [6.45, 7) is 1.83. The van der Waals surface area contributed by atoms with Crippen molar-refractivity contribution in [2.75, 3.05) is 4.90 Å². The third kappa shape index (κ3) is 1.82. The molecule has 2 heterocycles. The van der Waals surface area contributed by atoms with Gasteiger partial charge in [0.1, 0.15) is 29.4 Å². The fourth-order valence-corrected chi connectivity index (χ4v) is 2.32. The van der Waals surface area contributed by atoms with Crippen LogP contribution in [0.3, 0.4) is 0 Å². The van der Waals surface area contributed by atoms with Gasteiger partial charge in [-0.25, -0.2) is 4.39 Å². The van der Waals surface area contributed by atoms with Gasteiger partial charge in [0, 0.05) is 5.69 Å². The van der Waals surface area contributed by atoms with Crippen molar-refractivity contribution in [3.63, 3.8) is 0 Å². The maximum atomic E-state index is 12.9. The van der Waals surface area contributed by atoms with Gasteiger partial charge < -0.3 is 10.2 Å². The third-order valence-electron chi connectivity index (χ3n) is 3.30. The van der Waals surface area contributed by atoms with Crippen LogP contribution in [-0.4, -0.2) is 11.9 Å². The molecular formula is C14H13FN2O2. The number of furan rings is 1. The Hall–Kier alpha value is -2.14. The highest BCUT2D eigenvalue weighted by Crippen LogP contribution is 2.38. The van der Waals surface area contributed by atoms with Crippen molar-refractivity contribution in [2.24, 2.45) is 5.73 Å². The van der Waals surface area contributed by atoms with E-state index in [4.69, 9.17) is 10.2 Å². The molecule has 1 fully saturated rings. The maximum Gasteiger partial charge on any atom is 0.247 e. The first kappa shape index (κ1) is 11.9. The number of carbonyl (C=O) groups excluding carboxylic acids is 1. The average molecular weight is 260 g/mol. The van der Waals surface area contributed by atoms with Crippen LogP contribution in [0.2, 0.25) is 0 Å². The zero-order chi connectivity index (χ0) is 13.6. The number of hydrogen-bond donors (Lipinski definition) is 1. The molecule has 0 unspecified atom stereocenters. The van der Waals surface area contributed by atoms with E-state index in [0.29, 0.717) is 11.4 Å². The van der Waals surface area contributed by atoms with Crippen LogP contribution in [-0.2, 0) is 4.79 Å². The molecule has 1 aliphatic heterocycles. The highest BCUT2D eigenvalue weighted by Gasteiger charge is 2.48. The first-order chi connectivity index (χ1) is 9.08. The van der Waals surface area contributed by atoms with Crippen LogP contribution in [0.15, 0.2) is 40.8 Å². The van der Waals surface area contributed by atoms with Gasteiger partial charge >= 0.3 is 0 Å². The molecule has 2 atom stereocenters. The molecule has 98 valence electrons. The van der Waals surface area contributed by atoms with Crippen molar-refractivity contribution in [1.82, 2.24) is 0 Å². The molecule has 0 aliphatic carbocycles. The number of β-lactam (4-membered cyclic amide) rings is 1. The fourth-order valence-electron chi connectivity index (χ4n) is 2.32. The van der Waals surface area contributed by atoms with Crippen LogP contribution in [0.1, 0.15) is 17.6 Å². The summed E-state index contributed by atoms with van der Waals surface area (Å²) in [5.74, 6) is 0.881. The van der Waals surface area contributed by atoms with Crippen LogP contribution < -0.4 is 10.6 Å². The van der Waals surface area contributed by atoms with Gasteiger partial charge in [0.2, 0.25) is 5.91 Å². The molecule has 4 nitrogen and oxygen atoms in total. The molecule has 0 bridgehead atoms. The molecule has 1 aromatic heterocycles. The summed E-state index contributed by atoms with van der Waals surface area (Å²) in [5.41, 5.74) is 6.46. The summed E-state index contributed by atoms with van der Waals surface area (Å²) in [6, 6.07) is 8.44. The number of carbonyl (C=O) groups is 1. The van der Waals surface area contributed by atoms with E-state index in [2.05, 4.69) is 0 Å². The number of anilines is 1. The van der Waals surface area contributed by atoms with Crippen molar-refractivity contribution in [1.29, 1.82) is 0 Å². The van der Waals surface area contributed by atoms with Gasteiger partial charge in [-0.3, -0.25) is 9.69 Å². The van der Waals surface area contributed by atoms with Crippen LogP contribution in [0.25, 0.3) is 0 Å². The number of halogens is 1. The van der Waals surface area contributed by atoms with E-state index < -0.39 is 6.04 Å². The zero-order valence-corrected chi connectivity index (χ0v) is 10.3. The number of aryl methyl sites for hydroxylation is 1. The number of hydrogen-bond acceptors (Lipinski definition) is 3. The molecule has 0 saturated carbocycles. The minimum absolute atomic E-state index is 0.189. The summed E-state index contributed by atoms with van der Waals surface area (Å²) < 4.78 is 18.5. The molecule has 19 heavy (non-hydrogen) atoms. The SMILES string of the molecule is Cc1ccc([C@H]2[C@H](N)C(=O)N2c2ccc(F)cc2)o1. The Balaban J connectivity index is 1.95. The van der Waals surface area contributed by atoms with Crippen molar-refractivity contribution in [3.05, 3.63) is 53.7 Å². The lowest BCUT2D eigenvalue weighted by molar-refractivity contribution is -0.126. The Morgan fingerprint density at radius 3 is 2.47 bits per heavy atom. The van der Waals surface area contributed by atoms with Gasteiger partial charge in [-0.2, -0.15) is 0 Å². The van der Waals surface area contributed by atoms with E-state index >= 15 is 0 Å². The molecule has 1 aromatic carbocycles. The van der Waals surface area contributed by atoms with Crippen LogP contribution in [0.4, 0.5) is 10.1 Å². The van der Waals surface area contributed by atoms with E-state index in [1.807, 2.05) is 19.1 Å². The molecule has 2 aromatic rings. The average Bonchev–Trinajstić information content (AvgIpc) is 2.82. The number of benzene rings is 1. The molecule has 0 spiro atoms. The minimum atomic E-state index is -0.615. The lowest BCUT2D eigenvalue weighted by atomic mass is 9.92. The maximum absolute atomic E-state index is 12.9. The first-order valence-electron chi connectivity index (χ1n) is 5.98. The van der Waals surface area contributed by atoms with Crippen molar-refractivity contribution < 1.29 is 13.6 Å². The van der Waals surface area contributed by atoms with Gasteiger partial charge in [-0.15, -0.1) is 0 Å². The topological polar surface area (TPSA) is 59.5 Å². The predicted octanol–water partition coefficient (Wildman–Crippen LogP) is 2.14. The largest absolute Gasteiger partial charge is 0.464 e. The van der Waals surface area contributed by atoms with E-state index in [-0.39, 0.29) is 17.8 Å². The summed E-state index contributed by atoms with van der Waals surface area (Å²) in [5, 5.41) is 0. The normalized spacial score (nSPS) is 22.5. The van der Waals surface area contributed by atoms with Crippen LogP contribution >= 0.6 is 0 Å². The summed E-state index contributed by atoms with van der Waals surface area (Å²) >= 11 is 0. The molecule has 3 rings (SSSR count). The quantitative estimate of drug-likeness (QED) is 0.841. The van der Waals surface area contributed by atoms with Gasteiger partial charge in [0.15, 0.2) is 0 Å². The highest BCUT2D eigenvalue weighted by atomic mass is 19.1. The zero-order valence-electron chi connectivity index (χ0n) is 10.3. The molecule has 0 radical (unpaired) electrons. The smallest absolute Gasteiger partial charge is 0.247 e. The van der Waals surface area contributed by atoms with Crippen LogP contribution in [0, 0.1) is 12.7 Å². The summed E-state index contributed by atoms with van der Waals surface area (Å²) in [7, 11) is 0. The number of nitrogens with two attached hydrogens (primary N) is 1. The Kier molecular flexibility index (Phi) is 2.64. The monoisotopic (exact) mass is 260 g/mol. The molecule has 1 saturated heterocycles. The second-order valence-electron chi connectivity index (χ2n) is 4.60. The summed E-state index contributed by atoms with van der Waals surface area (Å²) in [6.07, 6.45) is 0. The molecule has 1 amide bonds. The predicted molar refractivity (Wildman–Crippen MR) is 68.0 cm³/mol. The first-order valence-corrected chi connectivity index (χ1v) is 5.98. The number of amides is 1. The van der Waals surface area contributed by atoms with E-state index in [0.717, 1.165) is 5.76 Å².